The van der Waals surface area contributed by atoms with E-state index in [1.54, 1.807) is 13.8 Å². The van der Waals surface area contributed by atoms with Crippen molar-refractivity contribution in [3.05, 3.63) is 32.8 Å². The standard InChI is InChI=1S/C15H19ClN2O3/c1-9(2)15(19)11-7-12(16)13(8-14(11)18(20)21)17-10-5-3-4-6-10/h7-10,17H,3-6H2,1-2H3. The van der Waals surface area contributed by atoms with Crippen molar-refractivity contribution in [3.8, 4) is 0 Å². The molecule has 1 aliphatic rings. The van der Waals surface area contributed by atoms with E-state index in [1.165, 1.54) is 12.1 Å². The van der Waals surface area contributed by atoms with Gasteiger partial charge in [0, 0.05) is 18.0 Å². The number of rotatable bonds is 5. The lowest BCUT2D eigenvalue weighted by molar-refractivity contribution is -0.385. The van der Waals surface area contributed by atoms with Gasteiger partial charge in [0.2, 0.25) is 0 Å². The summed E-state index contributed by atoms with van der Waals surface area (Å²) in [6.07, 6.45) is 4.39. The van der Waals surface area contributed by atoms with Crippen molar-refractivity contribution >= 4 is 28.8 Å². The maximum absolute atomic E-state index is 12.1. The summed E-state index contributed by atoms with van der Waals surface area (Å²) in [5, 5.41) is 14.8. The number of anilines is 1. The Morgan fingerprint density at radius 1 is 1.38 bits per heavy atom. The number of nitrogens with one attached hydrogen (secondary N) is 1. The van der Waals surface area contributed by atoms with Gasteiger partial charge in [0.15, 0.2) is 5.78 Å². The van der Waals surface area contributed by atoms with Crippen LogP contribution in [0, 0.1) is 16.0 Å². The molecule has 5 nitrogen and oxygen atoms in total. The fourth-order valence-electron chi connectivity index (χ4n) is 2.62. The van der Waals surface area contributed by atoms with Gasteiger partial charge in [-0.05, 0) is 18.9 Å². The maximum atomic E-state index is 12.1. The average Bonchev–Trinajstić information content (AvgIpc) is 2.92. The van der Waals surface area contributed by atoms with Crippen LogP contribution in [0.25, 0.3) is 0 Å². The first-order chi connectivity index (χ1) is 9.90. The first-order valence-electron chi connectivity index (χ1n) is 7.19. The molecule has 1 aromatic carbocycles. The van der Waals surface area contributed by atoms with Crippen LogP contribution < -0.4 is 5.32 Å². The van der Waals surface area contributed by atoms with Crippen LogP contribution >= 0.6 is 11.6 Å². The first-order valence-corrected chi connectivity index (χ1v) is 7.56. The molecule has 6 heteroatoms. The smallest absolute Gasteiger partial charge is 0.282 e. The van der Waals surface area contributed by atoms with Gasteiger partial charge in [0.25, 0.3) is 5.69 Å². The van der Waals surface area contributed by atoms with E-state index in [0.717, 1.165) is 25.7 Å². The minimum Gasteiger partial charge on any atom is -0.381 e. The van der Waals surface area contributed by atoms with Crippen molar-refractivity contribution in [1.82, 2.24) is 0 Å². The van der Waals surface area contributed by atoms with Gasteiger partial charge in [-0.3, -0.25) is 14.9 Å². The average molecular weight is 311 g/mol. The highest BCUT2D eigenvalue weighted by atomic mass is 35.5. The van der Waals surface area contributed by atoms with Crippen molar-refractivity contribution in [2.45, 2.75) is 45.6 Å². The highest BCUT2D eigenvalue weighted by molar-refractivity contribution is 6.33. The fraction of sp³-hybridized carbons (Fsp3) is 0.533. The molecule has 114 valence electrons. The van der Waals surface area contributed by atoms with Crippen LogP contribution in [0.2, 0.25) is 5.02 Å². The zero-order valence-corrected chi connectivity index (χ0v) is 12.9. The SMILES string of the molecule is CC(C)C(=O)c1cc(Cl)c(NC2CCCC2)cc1[N+](=O)[O-]. The van der Waals surface area contributed by atoms with Crippen molar-refractivity contribution in [3.63, 3.8) is 0 Å². The third kappa shape index (κ3) is 3.53. The molecule has 0 radical (unpaired) electrons. The Labute approximate surface area is 128 Å². The van der Waals surface area contributed by atoms with Gasteiger partial charge in [-0.1, -0.05) is 38.3 Å². The van der Waals surface area contributed by atoms with E-state index in [4.69, 9.17) is 11.6 Å². The van der Waals surface area contributed by atoms with Gasteiger partial charge in [-0.2, -0.15) is 0 Å². The van der Waals surface area contributed by atoms with E-state index in [1.807, 2.05) is 0 Å². The first kappa shape index (κ1) is 15.8. The predicted molar refractivity (Wildman–Crippen MR) is 83.2 cm³/mol. The molecule has 0 amide bonds. The van der Waals surface area contributed by atoms with Crippen molar-refractivity contribution in [2.24, 2.45) is 5.92 Å². The molecule has 0 heterocycles. The van der Waals surface area contributed by atoms with E-state index in [0.29, 0.717) is 16.8 Å². The molecule has 0 saturated heterocycles. The Morgan fingerprint density at radius 2 is 2.00 bits per heavy atom. The number of benzene rings is 1. The molecule has 1 fully saturated rings. The third-order valence-corrected chi connectivity index (χ3v) is 4.10. The molecular weight excluding hydrogens is 292 g/mol. The zero-order chi connectivity index (χ0) is 15.6. The number of halogens is 1. The molecule has 1 N–H and O–H groups in total. The molecular formula is C15H19ClN2O3. The minimum absolute atomic E-state index is 0.0805. The van der Waals surface area contributed by atoms with Crippen molar-refractivity contribution in [1.29, 1.82) is 0 Å². The molecule has 1 aliphatic carbocycles. The molecule has 0 bridgehead atoms. The van der Waals surface area contributed by atoms with Crippen LogP contribution in [-0.2, 0) is 0 Å². The molecule has 0 unspecified atom stereocenters. The number of hydrogen-bond acceptors (Lipinski definition) is 4. The second kappa shape index (κ2) is 6.43. The summed E-state index contributed by atoms with van der Waals surface area (Å²) in [5.74, 6) is -0.579. The van der Waals surface area contributed by atoms with Crippen LogP contribution in [0.3, 0.4) is 0 Å². The number of Topliss-reactive ketones (excluding diaryl/α,β-unsaturated/α-hetero) is 1. The summed E-state index contributed by atoms with van der Waals surface area (Å²) in [6, 6.07) is 3.10. The molecule has 0 spiro atoms. The summed E-state index contributed by atoms with van der Waals surface area (Å²) in [7, 11) is 0. The lowest BCUT2D eigenvalue weighted by Gasteiger charge is -2.16. The third-order valence-electron chi connectivity index (χ3n) is 3.79. The molecule has 0 aromatic heterocycles. The van der Waals surface area contributed by atoms with E-state index in [9.17, 15) is 14.9 Å². The summed E-state index contributed by atoms with van der Waals surface area (Å²) in [6.45, 7) is 3.43. The monoisotopic (exact) mass is 310 g/mol. The molecule has 1 saturated carbocycles. The molecule has 0 aliphatic heterocycles. The normalized spacial score (nSPS) is 15.4. The summed E-state index contributed by atoms with van der Waals surface area (Å²) >= 11 is 6.20. The number of nitro groups is 1. The molecule has 2 rings (SSSR count). The zero-order valence-electron chi connectivity index (χ0n) is 12.2. The van der Waals surface area contributed by atoms with Gasteiger partial charge in [-0.25, -0.2) is 0 Å². The van der Waals surface area contributed by atoms with Crippen LogP contribution in [0.4, 0.5) is 11.4 Å². The Morgan fingerprint density at radius 3 is 2.52 bits per heavy atom. The van der Waals surface area contributed by atoms with E-state index in [2.05, 4.69) is 5.32 Å². The van der Waals surface area contributed by atoms with Gasteiger partial charge in [-0.15, -0.1) is 0 Å². The number of carbonyl (C=O) groups is 1. The quantitative estimate of drug-likeness (QED) is 0.495. The van der Waals surface area contributed by atoms with Gasteiger partial charge >= 0.3 is 0 Å². The topological polar surface area (TPSA) is 72.2 Å². The lowest BCUT2D eigenvalue weighted by atomic mass is 9.99. The van der Waals surface area contributed by atoms with E-state index >= 15 is 0 Å². The minimum atomic E-state index is -0.522. The summed E-state index contributed by atoms with van der Waals surface area (Å²) < 4.78 is 0. The Bertz CT molecular complexity index is 566. The van der Waals surface area contributed by atoms with E-state index < -0.39 is 4.92 Å². The van der Waals surface area contributed by atoms with Gasteiger partial charge in [0.05, 0.1) is 21.2 Å². The van der Waals surface area contributed by atoms with E-state index in [-0.39, 0.29) is 23.0 Å². The van der Waals surface area contributed by atoms with Crippen molar-refractivity contribution in [2.75, 3.05) is 5.32 Å². The number of carbonyl (C=O) groups excluding carboxylic acids is 1. The molecule has 0 atom stereocenters. The Kier molecular flexibility index (Phi) is 4.83. The van der Waals surface area contributed by atoms with Crippen LogP contribution in [0.5, 0.6) is 0 Å². The summed E-state index contributed by atoms with van der Waals surface area (Å²) in [4.78, 5) is 22.8. The maximum Gasteiger partial charge on any atom is 0.282 e. The van der Waals surface area contributed by atoms with Crippen LogP contribution in [-0.4, -0.2) is 16.7 Å². The Balaban J connectivity index is 2.38. The molecule has 1 aromatic rings. The summed E-state index contributed by atoms with van der Waals surface area (Å²) in [5.41, 5.74) is 0.436. The molecule has 21 heavy (non-hydrogen) atoms. The van der Waals surface area contributed by atoms with Gasteiger partial charge < -0.3 is 5.32 Å². The highest BCUT2D eigenvalue weighted by Crippen LogP contribution is 2.34. The van der Waals surface area contributed by atoms with Crippen molar-refractivity contribution < 1.29 is 9.72 Å². The number of hydrogen-bond donors (Lipinski definition) is 1. The predicted octanol–water partition coefficient (Wildman–Crippen LogP) is 4.44. The highest BCUT2D eigenvalue weighted by Gasteiger charge is 2.25. The number of nitro benzene ring substituents is 1. The Hall–Kier alpha value is -1.62. The lowest BCUT2D eigenvalue weighted by Crippen LogP contribution is -2.16. The fourth-order valence-corrected chi connectivity index (χ4v) is 2.84. The largest absolute Gasteiger partial charge is 0.381 e. The second-order valence-corrected chi connectivity index (χ2v) is 6.16. The number of ketones is 1. The van der Waals surface area contributed by atoms with Crippen LogP contribution in [0.15, 0.2) is 12.1 Å². The number of nitrogens with zero attached hydrogens (tertiary/aromatic N) is 1. The van der Waals surface area contributed by atoms with Gasteiger partial charge in [0.1, 0.15) is 0 Å². The second-order valence-electron chi connectivity index (χ2n) is 5.75. The van der Waals surface area contributed by atoms with Crippen LogP contribution in [0.1, 0.15) is 49.9 Å².